The molecule has 0 aliphatic rings. The predicted octanol–water partition coefficient (Wildman–Crippen LogP) is 5.03. The van der Waals surface area contributed by atoms with Gasteiger partial charge in [-0.25, -0.2) is 14.8 Å². The van der Waals surface area contributed by atoms with Crippen LogP contribution in [0.2, 0.25) is 0 Å². The third-order valence-corrected chi connectivity index (χ3v) is 5.30. The highest BCUT2D eigenvalue weighted by atomic mass is 16.5. The van der Waals surface area contributed by atoms with E-state index < -0.39 is 5.97 Å². The molecule has 0 fully saturated rings. The summed E-state index contributed by atoms with van der Waals surface area (Å²) >= 11 is 0. The lowest BCUT2D eigenvalue weighted by Crippen LogP contribution is -2.08. The number of hydrogen-bond acceptors (Lipinski definition) is 5. The minimum atomic E-state index is -1.03. The van der Waals surface area contributed by atoms with Crippen molar-refractivity contribution >= 4 is 22.6 Å². The topological polar surface area (TPSA) is 84.3 Å². The molecule has 3 aromatic carbocycles. The molecule has 0 saturated heterocycles. The minimum Gasteiger partial charge on any atom is -0.493 e. The monoisotopic (exact) mass is 437 g/mol. The van der Waals surface area contributed by atoms with Crippen LogP contribution in [0.1, 0.15) is 28.4 Å². The first-order valence-electron chi connectivity index (χ1n) is 10.6. The van der Waals surface area contributed by atoms with Crippen molar-refractivity contribution in [3.8, 4) is 29.4 Å². The number of anilines is 1. The molecule has 0 aliphatic heterocycles. The van der Waals surface area contributed by atoms with Crippen LogP contribution < -0.4 is 10.1 Å². The van der Waals surface area contributed by atoms with E-state index in [1.165, 1.54) is 12.4 Å². The Morgan fingerprint density at radius 3 is 2.61 bits per heavy atom. The fourth-order valence-corrected chi connectivity index (χ4v) is 3.70. The number of aromatic nitrogens is 2. The Morgan fingerprint density at radius 1 is 1.09 bits per heavy atom. The number of nitrogens with one attached hydrogen (secondary N) is 1. The maximum atomic E-state index is 11.4. The second kappa shape index (κ2) is 9.84. The van der Waals surface area contributed by atoms with Crippen LogP contribution >= 0.6 is 0 Å². The highest BCUT2D eigenvalue weighted by molar-refractivity contribution is 5.92. The summed E-state index contributed by atoms with van der Waals surface area (Å²) in [5.74, 6) is 2.74. The molecule has 0 radical (unpaired) electrons. The summed E-state index contributed by atoms with van der Waals surface area (Å²) in [5.41, 5.74) is 3.52. The molecule has 6 nitrogen and oxygen atoms in total. The minimum absolute atomic E-state index is 0.118. The maximum absolute atomic E-state index is 11.4. The highest BCUT2D eigenvalue weighted by Crippen LogP contribution is 2.27. The number of carboxylic acid groups (broad SMARTS) is 1. The number of terminal acetylenes is 1. The van der Waals surface area contributed by atoms with Crippen LogP contribution in [0.4, 0.5) is 5.82 Å². The molecule has 0 spiro atoms. The lowest BCUT2D eigenvalue weighted by Gasteiger charge is -2.11. The summed E-state index contributed by atoms with van der Waals surface area (Å²) in [6, 6.07) is 19.1. The van der Waals surface area contributed by atoms with Crippen molar-refractivity contribution < 1.29 is 14.6 Å². The first-order chi connectivity index (χ1) is 16.1. The van der Waals surface area contributed by atoms with Gasteiger partial charge in [0, 0.05) is 23.7 Å². The molecule has 0 saturated carbocycles. The molecular formula is C27H23N3O3. The fraction of sp³-hybridized carbons (Fsp3) is 0.148. The molecule has 0 unspecified atom stereocenters. The molecular weight excluding hydrogens is 414 g/mol. The second-order valence-corrected chi connectivity index (χ2v) is 7.42. The van der Waals surface area contributed by atoms with E-state index in [0.29, 0.717) is 30.4 Å². The van der Waals surface area contributed by atoms with Gasteiger partial charge in [-0.05, 0) is 53.9 Å². The van der Waals surface area contributed by atoms with Crippen molar-refractivity contribution in [1.82, 2.24) is 9.97 Å². The normalized spacial score (nSPS) is 10.5. The molecule has 4 rings (SSSR count). The Balaban J connectivity index is 1.51. The second-order valence-electron chi connectivity index (χ2n) is 7.42. The largest absolute Gasteiger partial charge is 0.493 e. The van der Waals surface area contributed by atoms with Gasteiger partial charge in [-0.1, -0.05) is 36.3 Å². The van der Waals surface area contributed by atoms with E-state index in [1.54, 1.807) is 12.1 Å². The SMILES string of the molecule is C#Cc1cc2ccccc2cc1CCNc1cc(-c2ccc(C(=O)O)c(OCC)c2)ncn1. The lowest BCUT2D eigenvalue weighted by atomic mass is 9.99. The average Bonchev–Trinajstić information content (AvgIpc) is 2.83. The molecule has 1 heterocycles. The molecule has 2 N–H and O–H groups in total. The van der Waals surface area contributed by atoms with Gasteiger partial charge in [0.2, 0.25) is 0 Å². The average molecular weight is 437 g/mol. The summed E-state index contributed by atoms with van der Waals surface area (Å²) in [7, 11) is 0. The number of hydrogen-bond donors (Lipinski definition) is 2. The third kappa shape index (κ3) is 4.94. The predicted molar refractivity (Wildman–Crippen MR) is 130 cm³/mol. The number of carbonyl (C=O) groups is 1. The number of fused-ring (bicyclic) bond motifs is 1. The zero-order chi connectivity index (χ0) is 23.2. The van der Waals surface area contributed by atoms with Gasteiger partial charge in [-0.2, -0.15) is 0 Å². The molecule has 33 heavy (non-hydrogen) atoms. The summed E-state index contributed by atoms with van der Waals surface area (Å²) in [6.07, 6.45) is 7.95. The van der Waals surface area contributed by atoms with E-state index in [4.69, 9.17) is 11.2 Å². The molecule has 1 aromatic heterocycles. The molecule has 164 valence electrons. The van der Waals surface area contributed by atoms with Crippen LogP contribution in [0.3, 0.4) is 0 Å². The van der Waals surface area contributed by atoms with Gasteiger partial charge < -0.3 is 15.2 Å². The summed E-state index contributed by atoms with van der Waals surface area (Å²) < 4.78 is 5.50. The van der Waals surface area contributed by atoms with Crippen molar-refractivity contribution in [1.29, 1.82) is 0 Å². The van der Waals surface area contributed by atoms with Crippen LogP contribution in [0, 0.1) is 12.3 Å². The summed E-state index contributed by atoms with van der Waals surface area (Å²) in [4.78, 5) is 20.1. The number of aromatic carboxylic acids is 1. The van der Waals surface area contributed by atoms with Gasteiger partial charge in [0.1, 0.15) is 23.5 Å². The molecule has 0 amide bonds. The quantitative estimate of drug-likeness (QED) is 0.376. The first kappa shape index (κ1) is 21.8. The molecule has 0 bridgehead atoms. The van der Waals surface area contributed by atoms with E-state index in [2.05, 4.69) is 39.4 Å². The number of ether oxygens (including phenoxy) is 1. The van der Waals surface area contributed by atoms with Gasteiger partial charge in [0.15, 0.2) is 0 Å². The van der Waals surface area contributed by atoms with Crippen molar-refractivity contribution in [2.45, 2.75) is 13.3 Å². The standard InChI is InChI=1S/C27H23N3O3/c1-3-18-13-19-7-5-6-8-20(19)14-21(18)11-12-28-26-16-24(29-17-30-26)22-9-10-23(27(31)32)25(15-22)33-4-2/h1,5-10,13-17H,4,11-12H2,2H3,(H,31,32)(H,28,29,30). The van der Waals surface area contributed by atoms with Crippen LogP contribution in [0.15, 0.2) is 67.0 Å². The van der Waals surface area contributed by atoms with Crippen LogP contribution in [0.5, 0.6) is 5.75 Å². The van der Waals surface area contributed by atoms with Crippen molar-refractivity contribution in [3.05, 3.63) is 83.7 Å². The van der Waals surface area contributed by atoms with Gasteiger partial charge in [-0.15, -0.1) is 6.42 Å². The fourth-order valence-electron chi connectivity index (χ4n) is 3.70. The molecule has 4 aromatic rings. The van der Waals surface area contributed by atoms with E-state index in [9.17, 15) is 9.90 Å². The summed E-state index contributed by atoms with van der Waals surface area (Å²) in [5, 5.41) is 15.0. The number of carboxylic acids is 1. The Kier molecular flexibility index (Phi) is 6.51. The van der Waals surface area contributed by atoms with Gasteiger partial charge in [-0.3, -0.25) is 0 Å². The third-order valence-electron chi connectivity index (χ3n) is 5.30. The molecule has 0 aliphatic carbocycles. The zero-order valence-electron chi connectivity index (χ0n) is 18.2. The van der Waals surface area contributed by atoms with Crippen molar-refractivity contribution in [3.63, 3.8) is 0 Å². The van der Waals surface area contributed by atoms with Crippen molar-refractivity contribution in [2.24, 2.45) is 0 Å². The van der Waals surface area contributed by atoms with E-state index in [-0.39, 0.29) is 5.56 Å². The van der Waals surface area contributed by atoms with Crippen molar-refractivity contribution in [2.75, 3.05) is 18.5 Å². The number of benzene rings is 3. The Labute approximate surface area is 192 Å². The van der Waals surface area contributed by atoms with E-state index in [0.717, 1.165) is 33.9 Å². The van der Waals surface area contributed by atoms with Gasteiger partial charge in [0.25, 0.3) is 0 Å². The van der Waals surface area contributed by atoms with Gasteiger partial charge >= 0.3 is 5.97 Å². The Hall–Kier alpha value is -4.37. The van der Waals surface area contributed by atoms with Gasteiger partial charge in [0.05, 0.1) is 12.3 Å². The zero-order valence-corrected chi connectivity index (χ0v) is 18.2. The smallest absolute Gasteiger partial charge is 0.339 e. The number of nitrogens with zero attached hydrogens (tertiary/aromatic N) is 2. The summed E-state index contributed by atoms with van der Waals surface area (Å²) in [6.45, 7) is 2.83. The van der Waals surface area contributed by atoms with Crippen LogP contribution in [0.25, 0.3) is 22.0 Å². The Morgan fingerprint density at radius 2 is 1.88 bits per heavy atom. The molecule has 0 atom stereocenters. The van der Waals surface area contributed by atoms with Crippen LogP contribution in [-0.2, 0) is 6.42 Å². The van der Waals surface area contributed by atoms with E-state index in [1.807, 2.05) is 31.2 Å². The Bertz CT molecular complexity index is 1360. The van der Waals surface area contributed by atoms with Crippen LogP contribution in [-0.4, -0.2) is 34.2 Å². The molecule has 6 heteroatoms. The highest BCUT2D eigenvalue weighted by Gasteiger charge is 2.13. The number of rotatable bonds is 8. The lowest BCUT2D eigenvalue weighted by molar-refractivity contribution is 0.0692. The van der Waals surface area contributed by atoms with E-state index >= 15 is 0 Å². The first-order valence-corrected chi connectivity index (χ1v) is 10.6. The maximum Gasteiger partial charge on any atom is 0.339 e.